The molecule has 0 radical (unpaired) electrons. The average molecular weight is 475 g/mol. The maximum absolute atomic E-state index is 5.99. The zero-order valence-electron chi connectivity index (χ0n) is 11.3. The number of halogens is 3. The number of benzene rings is 2. The van der Waals surface area contributed by atoms with E-state index in [2.05, 4.69) is 71.8 Å². The van der Waals surface area contributed by atoms with Crippen molar-refractivity contribution in [2.75, 3.05) is 5.73 Å². The van der Waals surface area contributed by atoms with E-state index in [-0.39, 0.29) is 0 Å². The van der Waals surface area contributed by atoms with Gasteiger partial charge in [-0.15, -0.1) is 10.2 Å². The molecule has 7 heteroatoms. The largest absolute Gasteiger partial charge is 0.397 e. The van der Waals surface area contributed by atoms with Crippen molar-refractivity contribution < 1.29 is 0 Å². The molecule has 1 aromatic heterocycles. The Kier molecular flexibility index (Phi) is 3.83. The summed E-state index contributed by atoms with van der Waals surface area (Å²) in [7, 11) is 0. The minimum absolute atomic E-state index is 0.623. The number of rotatable bonds is 1. The van der Waals surface area contributed by atoms with Crippen LogP contribution in [0.5, 0.6) is 0 Å². The van der Waals surface area contributed by atoms with Gasteiger partial charge in [-0.3, -0.25) is 0 Å². The van der Waals surface area contributed by atoms with Gasteiger partial charge >= 0.3 is 0 Å². The predicted octanol–water partition coefficient (Wildman–Crippen LogP) is 4.91. The lowest BCUT2D eigenvalue weighted by molar-refractivity contribution is 0.758. The molecular formula is C14H11Br3N4. The van der Waals surface area contributed by atoms with Gasteiger partial charge < -0.3 is 5.73 Å². The van der Waals surface area contributed by atoms with Crippen LogP contribution in [0.2, 0.25) is 0 Å². The van der Waals surface area contributed by atoms with E-state index in [1.54, 1.807) is 4.80 Å². The lowest BCUT2D eigenvalue weighted by Crippen LogP contribution is -2.02. The van der Waals surface area contributed by atoms with Crippen molar-refractivity contribution in [3.63, 3.8) is 0 Å². The monoisotopic (exact) mass is 472 g/mol. The summed E-state index contributed by atoms with van der Waals surface area (Å²) in [6.45, 7) is 4.12. The zero-order chi connectivity index (χ0) is 15.3. The van der Waals surface area contributed by atoms with E-state index in [9.17, 15) is 0 Å². The summed E-state index contributed by atoms with van der Waals surface area (Å²) >= 11 is 10.5. The molecule has 1 heterocycles. The van der Waals surface area contributed by atoms with Gasteiger partial charge in [0.25, 0.3) is 0 Å². The fourth-order valence-corrected chi connectivity index (χ4v) is 3.71. The first-order valence-corrected chi connectivity index (χ1v) is 8.54. The normalized spacial score (nSPS) is 11.3. The molecule has 3 rings (SSSR count). The minimum atomic E-state index is 0.623. The van der Waals surface area contributed by atoms with Crippen molar-refractivity contribution in [3.8, 4) is 5.69 Å². The highest BCUT2D eigenvalue weighted by atomic mass is 79.9. The average Bonchev–Trinajstić information content (AvgIpc) is 2.86. The summed E-state index contributed by atoms with van der Waals surface area (Å²) in [6, 6.07) is 5.88. The van der Waals surface area contributed by atoms with Crippen LogP contribution in [0.25, 0.3) is 16.7 Å². The molecule has 108 valence electrons. The number of hydrogen-bond donors (Lipinski definition) is 1. The Morgan fingerprint density at radius 2 is 1.71 bits per heavy atom. The topological polar surface area (TPSA) is 56.7 Å². The van der Waals surface area contributed by atoms with Crippen LogP contribution in [0.3, 0.4) is 0 Å². The Labute approximate surface area is 147 Å². The molecule has 0 unspecified atom stereocenters. The number of anilines is 1. The Balaban J connectivity index is 2.28. The van der Waals surface area contributed by atoms with Gasteiger partial charge in [0.1, 0.15) is 11.0 Å². The SMILES string of the molecule is Cc1c(Br)ccc(-n2nc3cc(Br)c(N)c(Br)c3n2)c1C. The van der Waals surface area contributed by atoms with Crippen LogP contribution in [0, 0.1) is 13.8 Å². The molecule has 0 spiro atoms. The number of nitrogens with zero attached hydrogens (tertiary/aromatic N) is 3. The Hall–Kier alpha value is -0.920. The lowest BCUT2D eigenvalue weighted by Gasteiger charge is -2.08. The Morgan fingerprint density at radius 3 is 2.43 bits per heavy atom. The predicted molar refractivity (Wildman–Crippen MR) is 95.9 cm³/mol. The second kappa shape index (κ2) is 5.37. The standard InChI is InChI=1S/C14H11Br3N4/c1-6-7(2)11(4-3-8(6)15)21-19-10-5-9(16)13(18)12(17)14(10)20-21/h3-5H,18H2,1-2H3. The number of nitrogen functional groups attached to an aromatic ring is 1. The van der Waals surface area contributed by atoms with Crippen molar-refractivity contribution in [1.29, 1.82) is 0 Å². The molecule has 0 aliphatic rings. The van der Waals surface area contributed by atoms with Crippen LogP contribution >= 0.6 is 47.8 Å². The van der Waals surface area contributed by atoms with E-state index in [1.807, 2.05) is 18.2 Å². The molecule has 0 saturated carbocycles. The Bertz CT molecular complexity index is 871. The quantitative estimate of drug-likeness (QED) is 0.510. The highest BCUT2D eigenvalue weighted by Crippen LogP contribution is 2.34. The lowest BCUT2D eigenvalue weighted by atomic mass is 10.1. The van der Waals surface area contributed by atoms with Crippen LogP contribution in [-0.4, -0.2) is 15.0 Å². The van der Waals surface area contributed by atoms with E-state index < -0.39 is 0 Å². The molecule has 0 atom stereocenters. The van der Waals surface area contributed by atoms with Gasteiger partial charge in [-0.25, -0.2) is 0 Å². The number of aromatic nitrogens is 3. The highest BCUT2D eigenvalue weighted by molar-refractivity contribution is 9.11. The van der Waals surface area contributed by atoms with Crippen LogP contribution in [0.4, 0.5) is 5.69 Å². The molecule has 2 aromatic carbocycles. The number of hydrogen-bond acceptors (Lipinski definition) is 3. The van der Waals surface area contributed by atoms with Crippen molar-refractivity contribution in [3.05, 3.63) is 42.7 Å². The van der Waals surface area contributed by atoms with E-state index in [4.69, 9.17) is 5.73 Å². The van der Waals surface area contributed by atoms with Gasteiger partial charge in [-0.1, -0.05) is 15.9 Å². The first kappa shape index (κ1) is 15.0. The second-order valence-corrected chi connectivity index (χ2v) is 7.26. The third kappa shape index (κ3) is 2.41. The van der Waals surface area contributed by atoms with E-state index in [0.717, 1.165) is 35.7 Å². The van der Waals surface area contributed by atoms with Crippen LogP contribution in [0.1, 0.15) is 11.1 Å². The van der Waals surface area contributed by atoms with Gasteiger partial charge in [0.05, 0.1) is 15.8 Å². The molecule has 3 aromatic rings. The fraction of sp³-hybridized carbons (Fsp3) is 0.143. The summed E-state index contributed by atoms with van der Waals surface area (Å²) in [5, 5.41) is 9.11. The van der Waals surface area contributed by atoms with Gasteiger partial charge in [-0.2, -0.15) is 4.80 Å². The third-order valence-corrected chi connectivity index (χ3v) is 5.83. The van der Waals surface area contributed by atoms with Gasteiger partial charge in [0.15, 0.2) is 0 Å². The van der Waals surface area contributed by atoms with Gasteiger partial charge in [-0.05, 0) is 75.0 Å². The Morgan fingerprint density at radius 1 is 1.00 bits per heavy atom. The molecule has 0 aliphatic carbocycles. The van der Waals surface area contributed by atoms with Crippen LogP contribution < -0.4 is 5.73 Å². The molecule has 21 heavy (non-hydrogen) atoms. The van der Waals surface area contributed by atoms with Crippen molar-refractivity contribution in [2.24, 2.45) is 0 Å². The summed E-state index contributed by atoms with van der Waals surface area (Å²) in [6.07, 6.45) is 0. The molecule has 0 amide bonds. The molecule has 0 fully saturated rings. The van der Waals surface area contributed by atoms with Crippen molar-refractivity contribution in [1.82, 2.24) is 15.0 Å². The summed E-state index contributed by atoms with van der Waals surface area (Å²) in [5.74, 6) is 0. The van der Waals surface area contributed by atoms with Crippen molar-refractivity contribution >= 4 is 64.5 Å². The molecule has 0 aliphatic heterocycles. The maximum atomic E-state index is 5.99. The number of nitrogens with two attached hydrogens (primary N) is 1. The smallest absolute Gasteiger partial charge is 0.130 e. The molecular weight excluding hydrogens is 464 g/mol. The van der Waals surface area contributed by atoms with Crippen LogP contribution in [-0.2, 0) is 0 Å². The maximum Gasteiger partial charge on any atom is 0.130 e. The molecule has 4 nitrogen and oxygen atoms in total. The minimum Gasteiger partial charge on any atom is -0.397 e. The van der Waals surface area contributed by atoms with Crippen molar-refractivity contribution in [2.45, 2.75) is 13.8 Å². The highest BCUT2D eigenvalue weighted by Gasteiger charge is 2.15. The molecule has 2 N–H and O–H groups in total. The van der Waals surface area contributed by atoms with Crippen LogP contribution in [0.15, 0.2) is 31.6 Å². The summed E-state index contributed by atoms with van der Waals surface area (Å²) in [5.41, 5.74) is 11.4. The number of fused-ring (bicyclic) bond motifs is 1. The first-order valence-electron chi connectivity index (χ1n) is 6.16. The zero-order valence-corrected chi connectivity index (χ0v) is 16.0. The summed E-state index contributed by atoms with van der Waals surface area (Å²) < 4.78 is 2.64. The third-order valence-electron chi connectivity index (χ3n) is 3.51. The molecule has 0 bridgehead atoms. The van der Waals surface area contributed by atoms with Gasteiger partial charge in [0.2, 0.25) is 0 Å². The first-order chi connectivity index (χ1) is 9.90. The van der Waals surface area contributed by atoms with E-state index >= 15 is 0 Å². The molecule has 0 saturated heterocycles. The van der Waals surface area contributed by atoms with Gasteiger partial charge in [0, 0.05) is 8.95 Å². The summed E-state index contributed by atoms with van der Waals surface area (Å²) in [4.78, 5) is 1.65. The second-order valence-electron chi connectivity index (χ2n) is 4.76. The van der Waals surface area contributed by atoms with E-state index in [1.165, 1.54) is 5.56 Å². The van der Waals surface area contributed by atoms with E-state index in [0.29, 0.717) is 5.69 Å². The fourth-order valence-electron chi connectivity index (χ4n) is 2.10.